The fourth-order valence-electron chi connectivity index (χ4n) is 1.36. The molecule has 1 amide bonds. The zero-order valence-corrected chi connectivity index (χ0v) is 6.53. The predicted molar refractivity (Wildman–Crippen MR) is 39.7 cm³/mol. The standard InChI is InChI=1S/C7H14N2O/c1-7(6(10)8-2)4-3-5-9-7/h9H,3-5H2,1-2H3,(H,8,10)/t7-/m1/s1. The number of amides is 1. The summed E-state index contributed by atoms with van der Waals surface area (Å²) in [7, 11) is 1.67. The number of hydrogen-bond acceptors (Lipinski definition) is 2. The molecule has 1 aliphatic rings. The number of hydrogen-bond donors (Lipinski definition) is 2. The van der Waals surface area contributed by atoms with Gasteiger partial charge in [-0.2, -0.15) is 0 Å². The lowest BCUT2D eigenvalue weighted by atomic mass is 10.00. The lowest BCUT2D eigenvalue weighted by Crippen LogP contribution is -2.49. The van der Waals surface area contributed by atoms with E-state index in [1.54, 1.807) is 7.05 Å². The SMILES string of the molecule is CNC(=O)[C@@]1(C)CCCN1. The van der Waals surface area contributed by atoms with Crippen molar-refractivity contribution in [3.8, 4) is 0 Å². The van der Waals surface area contributed by atoms with E-state index < -0.39 is 0 Å². The summed E-state index contributed by atoms with van der Waals surface area (Å²) in [4.78, 5) is 11.2. The van der Waals surface area contributed by atoms with Gasteiger partial charge in [-0.1, -0.05) is 0 Å². The lowest BCUT2D eigenvalue weighted by molar-refractivity contribution is -0.125. The summed E-state index contributed by atoms with van der Waals surface area (Å²) >= 11 is 0. The summed E-state index contributed by atoms with van der Waals surface area (Å²) in [6.45, 7) is 2.91. The molecule has 1 atom stereocenters. The molecule has 2 N–H and O–H groups in total. The molecule has 0 aromatic carbocycles. The minimum Gasteiger partial charge on any atom is -0.358 e. The first-order valence-electron chi connectivity index (χ1n) is 3.66. The third-order valence-electron chi connectivity index (χ3n) is 2.10. The lowest BCUT2D eigenvalue weighted by Gasteiger charge is -2.21. The second-order valence-electron chi connectivity index (χ2n) is 2.94. The van der Waals surface area contributed by atoms with Crippen molar-refractivity contribution >= 4 is 5.91 Å². The molecule has 10 heavy (non-hydrogen) atoms. The van der Waals surface area contributed by atoms with Gasteiger partial charge in [0.2, 0.25) is 5.91 Å². The third-order valence-corrected chi connectivity index (χ3v) is 2.10. The zero-order chi connectivity index (χ0) is 7.61. The van der Waals surface area contributed by atoms with Crippen LogP contribution in [0.2, 0.25) is 0 Å². The summed E-state index contributed by atoms with van der Waals surface area (Å²) in [6, 6.07) is 0. The monoisotopic (exact) mass is 142 g/mol. The topological polar surface area (TPSA) is 41.1 Å². The molecular formula is C7H14N2O. The Morgan fingerprint density at radius 3 is 2.80 bits per heavy atom. The first kappa shape index (κ1) is 7.54. The van der Waals surface area contributed by atoms with Crippen LogP contribution in [0.4, 0.5) is 0 Å². The molecule has 0 unspecified atom stereocenters. The Hall–Kier alpha value is -0.570. The van der Waals surface area contributed by atoms with E-state index in [-0.39, 0.29) is 11.4 Å². The van der Waals surface area contributed by atoms with Crippen LogP contribution in [0.15, 0.2) is 0 Å². The first-order chi connectivity index (χ1) is 4.69. The normalized spacial score (nSPS) is 32.2. The number of likely N-dealkylation sites (N-methyl/N-ethyl adjacent to an activating group) is 1. The van der Waals surface area contributed by atoms with Crippen molar-refractivity contribution in [3.63, 3.8) is 0 Å². The largest absolute Gasteiger partial charge is 0.358 e. The van der Waals surface area contributed by atoms with Crippen LogP contribution in [0.1, 0.15) is 19.8 Å². The Labute approximate surface area is 61.2 Å². The van der Waals surface area contributed by atoms with E-state index in [0.717, 1.165) is 19.4 Å². The van der Waals surface area contributed by atoms with Gasteiger partial charge in [-0.15, -0.1) is 0 Å². The van der Waals surface area contributed by atoms with Gasteiger partial charge in [0.15, 0.2) is 0 Å². The third kappa shape index (κ3) is 1.14. The van der Waals surface area contributed by atoms with E-state index in [1.807, 2.05) is 6.92 Å². The molecule has 1 saturated heterocycles. The Bertz CT molecular complexity index is 139. The molecule has 58 valence electrons. The average molecular weight is 142 g/mol. The second-order valence-corrected chi connectivity index (χ2v) is 2.94. The molecule has 3 nitrogen and oxygen atoms in total. The van der Waals surface area contributed by atoms with Gasteiger partial charge in [-0.3, -0.25) is 4.79 Å². The predicted octanol–water partition coefficient (Wildman–Crippen LogP) is -0.126. The van der Waals surface area contributed by atoms with Crippen molar-refractivity contribution in [1.82, 2.24) is 10.6 Å². The maximum atomic E-state index is 11.2. The first-order valence-corrected chi connectivity index (χ1v) is 3.66. The van der Waals surface area contributed by atoms with Crippen molar-refractivity contribution in [2.24, 2.45) is 0 Å². The van der Waals surface area contributed by atoms with Crippen LogP contribution in [0.3, 0.4) is 0 Å². The number of carbonyl (C=O) groups is 1. The van der Waals surface area contributed by atoms with Gasteiger partial charge in [0.25, 0.3) is 0 Å². The number of rotatable bonds is 1. The van der Waals surface area contributed by atoms with Gasteiger partial charge < -0.3 is 10.6 Å². The summed E-state index contributed by atoms with van der Waals surface area (Å²) in [6.07, 6.45) is 2.05. The van der Waals surface area contributed by atoms with Crippen LogP contribution in [0.25, 0.3) is 0 Å². The molecule has 1 fully saturated rings. The Kier molecular flexibility index (Phi) is 1.94. The van der Waals surface area contributed by atoms with E-state index >= 15 is 0 Å². The van der Waals surface area contributed by atoms with Crippen molar-refractivity contribution in [2.45, 2.75) is 25.3 Å². The summed E-state index contributed by atoms with van der Waals surface area (Å²) in [5.74, 6) is 0.102. The van der Waals surface area contributed by atoms with Crippen LogP contribution in [0, 0.1) is 0 Å². The van der Waals surface area contributed by atoms with Gasteiger partial charge in [0.1, 0.15) is 0 Å². The fourth-order valence-corrected chi connectivity index (χ4v) is 1.36. The Morgan fingerprint density at radius 2 is 2.40 bits per heavy atom. The second kappa shape index (κ2) is 2.58. The van der Waals surface area contributed by atoms with Crippen LogP contribution in [0.5, 0.6) is 0 Å². The highest BCUT2D eigenvalue weighted by Crippen LogP contribution is 2.17. The van der Waals surface area contributed by atoms with Crippen LogP contribution >= 0.6 is 0 Å². The van der Waals surface area contributed by atoms with Gasteiger partial charge >= 0.3 is 0 Å². The quantitative estimate of drug-likeness (QED) is 0.535. The van der Waals surface area contributed by atoms with Crippen molar-refractivity contribution < 1.29 is 4.79 Å². The van der Waals surface area contributed by atoms with Gasteiger partial charge in [0, 0.05) is 7.05 Å². The van der Waals surface area contributed by atoms with E-state index in [2.05, 4.69) is 10.6 Å². The van der Waals surface area contributed by atoms with Gasteiger partial charge in [-0.05, 0) is 26.3 Å². The molecule has 0 radical (unpaired) electrons. The number of carbonyl (C=O) groups excluding carboxylic acids is 1. The van der Waals surface area contributed by atoms with Crippen LogP contribution in [-0.2, 0) is 4.79 Å². The maximum absolute atomic E-state index is 11.2. The molecule has 1 aliphatic heterocycles. The van der Waals surface area contributed by atoms with Crippen molar-refractivity contribution in [1.29, 1.82) is 0 Å². The van der Waals surface area contributed by atoms with Crippen molar-refractivity contribution in [3.05, 3.63) is 0 Å². The highest BCUT2D eigenvalue weighted by atomic mass is 16.2. The molecule has 0 spiro atoms. The fraction of sp³-hybridized carbons (Fsp3) is 0.857. The molecule has 0 aromatic heterocycles. The molecule has 0 bridgehead atoms. The van der Waals surface area contributed by atoms with E-state index in [1.165, 1.54) is 0 Å². The minimum absolute atomic E-state index is 0.102. The highest BCUT2D eigenvalue weighted by molar-refractivity contribution is 5.85. The molecule has 0 aromatic rings. The molecule has 0 saturated carbocycles. The molecule has 0 aliphatic carbocycles. The molecule has 3 heteroatoms. The van der Waals surface area contributed by atoms with Gasteiger partial charge in [0.05, 0.1) is 5.54 Å². The summed E-state index contributed by atoms with van der Waals surface area (Å²) < 4.78 is 0. The van der Waals surface area contributed by atoms with E-state index in [4.69, 9.17) is 0 Å². The van der Waals surface area contributed by atoms with Crippen LogP contribution in [-0.4, -0.2) is 25.0 Å². The maximum Gasteiger partial charge on any atom is 0.239 e. The zero-order valence-electron chi connectivity index (χ0n) is 6.53. The molecular weight excluding hydrogens is 128 g/mol. The molecule has 1 rings (SSSR count). The summed E-state index contributed by atoms with van der Waals surface area (Å²) in [5, 5.41) is 5.82. The summed E-state index contributed by atoms with van der Waals surface area (Å²) in [5.41, 5.74) is -0.297. The van der Waals surface area contributed by atoms with Crippen LogP contribution < -0.4 is 10.6 Å². The Morgan fingerprint density at radius 1 is 1.70 bits per heavy atom. The molecule has 1 heterocycles. The Balaban J connectivity index is 2.58. The highest BCUT2D eigenvalue weighted by Gasteiger charge is 2.34. The number of nitrogens with one attached hydrogen (secondary N) is 2. The van der Waals surface area contributed by atoms with Gasteiger partial charge in [-0.25, -0.2) is 0 Å². The van der Waals surface area contributed by atoms with E-state index in [9.17, 15) is 4.79 Å². The smallest absolute Gasteiger partial charge is 0.239 e. The van der Waals surface area contributed by atoms with E-state index in [0.29, 0.717) is 0 Å². The average Bonchev–Trinajstić information content (AvgIpc) is 2.36. The van der Waals surface area contributed by atoms with Crippen molar-refractivity contribution in [2.75, 3.05) is 13.6 Å². The minimum atomic E-state index is -0.297.